The molecule has 0 spiro atoms. The molecule has 0 saturated carbocycles. The summed E-state index contributed by atoms with van der Waals surface area (Å²) in [4.78, 5) is 4.21. The van der Waals surface area contributed by atoms with Gasteiger partial charge in [0.05, 0.1) is 14.2 Å². The molecule has 0 saturated heterocycles. The summed E-state index contributed by atoms with van der Waals surface area (Å²) in [6.45, 7) is 0.375. The largest absolute Gasteiger partial charge is 0.493 e. The minimum Gasteiger partial charge on any atom is -0.493 e. The quantitative estimate of drug-likeness (QED) is 0.579. The van der Waals surface area contributed by atoms with Crippen molar-refractivity contribution in [1.82, 2.24) is 0 Å². The van der Waals surface area contributed by atoms with Crippen LogP contribution in [0.25, 0.3) is 0 Å². The fourth-order valence-corrected chi connectivity index (χ4v) is 2.54. The third kappa shape index (κ3) is 4.86. The number of ether oxygens (including phenoxy) is 2. The molecule has 2 aromatic carbocycles. The Bertz CT molecular complexity index is 738. The van der Waals surface area contributed by atoms with Crippen molar-refractivity contribution in [2.45, 2.75) is 6.42 Å². The van der Waals surface area contributed by atoms with Gasteiger partial charge in [0.15, 0.2) is 17.5 Å². The number of nitrogens with zero attached hydrogens (tertiary/aromatic N) is 1. The number of aliphatic imine (C=N–C) groups is 1. The lowest BCUT2D eigenvalue weighted by atomic mass is 10.1. The molecular formula is C17H19BrFN3O2. The molecule has 0 amide bonds. The van der Waals surface area contributed by atoms with Gasteiger partial charge < -0.3 is 20.5 Å². The molecule has 0 fully saturated rings. The van der Waals surface area contributed by atoms with Gasteiger partial charge in [-0.05, 0) is 42.3 Å². The lowest BCUT2D eigenvalue weighted by Crippen LogP contribution is -2.23. The van der Waals surface area contributed by atoms with Gasteiger partial charge in [-0.25, -0.2) is 4.39 Å². The summed E-state index contributed by atoms with van der Waals surface area (Å²) < 4.78 is 24.9. The fourth-order valence-electron chi connectivity index (χ4n) is 2.13. The molecule has 2 aromatic rings. The van der Waals surface area contributed by atoms with Crippen LogP contribution < -0.4 is 20.5 Å². The van der Waals surface area contributed by atoms with Crippen molar-refractivity contribution in [2.75, 3.05) is 26.1 Å². The number of methoxy groups -OCH3 is 2. The highest BCUT2D eigenvalue weighted by atomic mass is 79.9. The van der Waals surface area contributed by atoms with Crippen molar-refractivity contribution in [3.8, 4) is 11.5 Å². The molecule has 0 radical (unpaired) electrons. The Morgan fingerprint density at radius 2 is 1.92 bits per heavy atom. The normalized spacial score (nSPS) is 11.2. The first kappa shape index (κ1) is 18.1. The van der Waals surface area contributed by atoms with Crippen LogP contribution in [0.3, 0.4) is 0 Å². The standard InChI is InChI=1S/C17H19BrFN3O2/c1-23-15-6-4-13(10-16(15)24-2)22-17(20)21-8-7-11-9-12(18)3-5-14(11)19/h3-6,9-10H,7-8H2,1-2H3,(H3,20,21,22). The van der Waals surface area contributed by atoms with E-state index in [1.165, 1.54) is 6.07 Å². The summed E-state index contributed by atoms with van der Waals surface area (Å²) in [6, 6.07) is 10.2. The van der Waals surface area contributed by atoms with E-state index in [1.54, 1.807) is 44.6 Å². The van der Waals surface area contributed by atoms with Crippen molar-refractivity contribution >= 4 is 27.6 Å². The fraction of sp³-hybridized carbons (Fsp3) is 0.235. The van der Waals surface area contributed by atoms with E-state index in [-0.39, 0.29) is 11.8 Å². The number of hydrogen-bond donors (Lipinski definition) is 2. The van der Waals surface area contributed by atoms with Crippen LogP contribution in [-0.4, -0.2) is 26.7 Å². The van der Waals surface area contributed by atoms with Crippen LogP contribution in [-0.2, 0) is 6.42 Å². The molecule has 0 aliphatic carbocycles. The topological polar surface area (TPSA) is 68.9 Å². The Kier molecular flexibility index (Phi) is 6.43. The predicted molar refractivity (Wildman–Crippen MR) is 97.5 cm³/mol. The zero-order chi connectivity index (χ0) is 17.5. The molecule has 128 valence electrons. The van der Waals surface area contributed by atoms with Crippen LogP contribution in [0.4, 0.5) is 10.1 Å². The highest BCUT2D eigenvalue weighted by Gasteiger charge is 2.05. The van der Waals surface area contributed by atoms with E-state index in [2.05, 4.69) is 26.2 Å². The van der Waals surface area contributed by atoms with Gasteiger partial charge in [-0.2, -0.15) is 0 Å². The summed E-state index contributed by atoms with van der Waals surface area (Å²) in [5.74, 6) is 1.22. The average Bonchev–Trinajstić information content (AvgIpc) is 2.57. The second-order valence-electron chi connectivity index (χ2n) is 4.95. The molecule has 0 aliphatic rings. The van der Waals surface area contributed by atoms with Gasteiger partial charge in [0.1, 0.15) is 5.82 Å². The minimum atomic E-state index is -0.250. The number of hydrogen-bond acceptors (Lipinski definition) is 3. The molecule has 5 nitrogen and oxygen atoms in total. The Morgan fingerprint density at radius 1 is 1.17 bits per heavy atom. The number of nitrogens with two attached hydrogens (primary N) is 1. The average molecular weight is 396 g/mol. The van der Waals surface area contributed by atoms with Crippen molar-refractivity contribution < 1.29 is 13.9 Å². The van der Waals surface area contributed by atoms with Gasteiger partial charge in [-0.1, -0.05) is 15.9 Å². The van der Waals surface area contributed by atoms with Gasteiger partial charge >= 0.3 is 0 Å². The highest BCUT2D eigenvalue weighted by molar-refractivity contribution is 9.10. The van der Waals surface area contributed by atoms with E-state index >= 15 is 0 Å². The molecule has 7 heteroatoms. The summed E-state index contributed by atoms with van der Waals surface area (Å²) >= 11 is 3.33. The smallest absolute Gasteiger partial charge is 0.193 e. The third-order valence-electron chi connectivity index (χ3n) is 3.33. The lowest BCUT2D eigenvalue weighted by Gasteiger charge is -2.11. The second-order valence-corrected chi connectivity index (χ2v) is 5.86. The molecule has 24 heavy (non-hydrogen) atoms. The van der Waals surface area contributed by atoms with Crippen LogP contribution in [0.5, 0.6) is 11.5 Å². The first-order valence-electron chi connectivity index (χ1n) is 7.26. The number of rotatable bonds is 6. The van der Waals surface area contributed by atoms with E-state index < -0.39 is 0 Å². The van der Waals surface area contributed by atoms with Crippen LogP contribution in [0.15, 0.2) is 45.9 Å². The van der Waals surface area contributed by atoms with Crippen molar-refractivity contribution in [3.63, 3.8) is 0 Å². The molecule has 0 unspecified atom stereocenters. The summed E-state index contributed by atoms with van der Waals surface area (Å²) in [5, 5.41) is 2.97. The van der Waals surface area contributed by atoms with Crippen LogP contribution in [0.1, 0.15) is 5.56 Å². The zero-order valence-electron chi connectivity index (χ0n) is 13.5. The van der Waals surface area contributed by atoms with E-state index in [4.69, 9.17) is 15.2 Å². The highest BCUT2D eigenvalue weighted by Crippen LogP contribution is 2.29. The number of anilines is 1. The summed E-state index contributed by atoms with van der Waals surface area (Å²) in [7, 11) is 3.13. The van der Waals surface area contributed by atoms with Gasteiger partial charge in [-0.3, -0.25) is 4.99 Å². The molecule has 2 rings (SSSR count). The van der Waals surface area contributed by atoms with Gasteiger partial charge in [0.25, 0.3) is 0 Å². The Labute approximate surface area is 148 Å². The van der Waals surface area contributed by atoms with Crippen molar-refractivity contribution in [3.05, 3.63) is 52.3 Å². The first-order chi connectivity index (χ1) is 11.5. The van der Waals surface area contributed by atoms with Gasteiger partial charge in [0.2, 0.25) is 0 Å². The van der Waals surface area contributed by atoms with Gasteiger partial charge in [-0.15, -0.1) is 0 Å². The van der Waals surface area contributed by atoms with Crippen LogP contribution >= 0.6 is 15.9 Å². The van der Waals surface area contributed by atoms with E-state index in [0.29, 0.717) is 30.0 Å². The zero-order valence-corrected chi connectivity index (χ0v) is 15.1. The number of guanidine groups is 1. The van der Waals surface area contributed by atoms with E-state index in [9.17, 15) is 4.39 Å². The predicted octanol–water partition coefficient (Wildman–Crippen LogP) is 3.57. The molecule has 3 N–H and O–H groups in total. The minimum absolute atomic E-state index is 0.248. The van der Waals surface area contributed by atoms with Crippen molar-refractivity contribution in [2.24, 2.45) is 10.7 Å². The third-order valence-corrected chi connectivity index (χ3v) is 3.82. The maximum Gasteiger partial charge on any atom is 0.193 e. The van der Waals surface area contributed by atoms with E-state index in [0.717, 1.165) is 10.2 Å². The Balaban J connectivity index is 1.98. The maximum absolute atomic E-state index is 13.7. The first-order valence-corrected chi connectivity index (χ1v) is 8.05. The Hall–Kier alpha value is -2.28. The maximum atomic E-state index is 13.7. The number of benzene rings is 2. The SMILES string of the molecule is COc1ccc(NC(N)=NCCc2cc(Br)ccc2F)cc1OC. The van der Waals surface area contributed by atoms with Gasteiger partial charge in [0, 0.05) is 22.8 Å². The lowest BCUT2D eigenvalue weighted by molar-refractivity contribution is 0.355. The molecular weight excluding hydrogens is 377 g/mol. The monoisotopic (exact) mass is 395 g/mol. The second kappa shape index (κ2) is 8.54. The molecule has 0 aliphatic heterocycles. The molecule has 0 atom stereocenters. The summed E-state index contributed by atoms with van der Waals surface area (Å²) in [5.41, 5.74) is 7.18. The van der Waals surface area contributed by atoms with Crippen LogP contribution in [0, 0.1) is 5.82 Å². The molecule has 0 heterocycles. The molecule has 0 bridgehead atoms. The summed E-state index contributed by atoms with van der Waals surface area (Å²) in [6.07, 6.45) is 0.458. The van der Waals surface area contributed by atoms with Crippen LogP contribution in [0.2, 0.25) is 0 Å². The molecule has 0 aromatic heterocycles. The Morgan fingerprint density at radius 3 is 2.62 bits per heavy atom. The van der Waals surface area contributed by atoms with E-state index in [1.807, 2.05) is 0 Å². The number of halogens is 2. The number of nitrogens with one attached hydrogen (secondary N) is 1. The van der Waals surface area contributed by atoms with Crippen molar-refractivity contribution in [1.29, 1.82) is 0 Å².